The molecule has 4 rings (SSSR count). The quantitative estimate of drug-likeness (QED) is 0.516. The van der Waals surface area contributed by atoms with Crippen LogP contribution in [0.1, 0.15) is 80.1 Å². The highest BCUT2D eigenvalue weighted by Gasteiger charge is 2.78. The normalized spacial score (nSPS) is 54.3. The summed E-state index contributed by atoms with van der Waals surface area (Å²) in [4.78, 5) is 12.8. The molecule has 0 aromatic carbocycles. The van der Waals surface area contributed by atoms with Gasteiger partial charge in [-0.2, -0.15) is 0 Å². The van der Waals surface area contributed by atoms with Crippen molar-refractivity contribution in [2.75, 3.05) is 0 Å². The predicted molar refractivity (Wildman–Crippen MR) is 88.2 cm³/mol. The lowest BCUT2D eigenvalue weighted by molar-refractivity contribution is -0.394. The minimum atomic E-state index is 0.00330. The molecule has 4 aliphatic rings. The van der Waals surface area contributed by atoms with Gasteiger partial charge in [0, 0.05) is 10.8 Å². The Morgan fingerprint density at radius 3 is 1.36 bits per heavy atom. The molecule has 4 saturated carbocycles. The van der Waals surface area contributed by atoms with Crippen molar-refractivity contribution >= 4 is 0 Å². The Kier molecular flexibility index (Phi) is 3.02. The Hall–Kier alpha value is -0.0800. The van der Waals surface area contributed by atoms with Crippen LogP contribution in [-0.4, -0.2) is 11.2 Å². The lowest BCUT2D eigenvalue weighted by Crippen LogP contribution is -2.34. The molecule has 4 aliphatic carbocycles. The zero-order valence-electron chi connectivity index (χ0n) is 15.4. The summed E-state index contributed by atoms with van der Waals surface area (Å²) >= 11 is 0. The van der Waals surface area contributed by atoms with Gasteiger partial charge in [-0.1, -0.05) is 54.4 Å². The summed E-state index contributed by atoms with van der Waals surface area (Å²) in [5.74, 6) is 2.95. The third-order valence-electron chi connectivity index (χ3n) is 8.42. The third kappa shape index (κ3) is 1.69. The first kappa shape index (κ1) is 15.4. The van der Waals surface area contributed by atoms with Crippen LogP contribution in [-0.2, 0) is 9.78 Å². The Balaban J connectivity index is 1.51. The fourth-order valence-corrected chi connectivity index (χ4v) is 6.54. The predicted octanol–water partition coefficient (Wildman–Crippen LogP) is 5.36. The van der Waals surface area contributed by atoms with Gasteiger partial charge in [0.1, 0.15) is 11.2 Å². The van der Waals surface area contributed by atoms with Crippen LogP contribution in [0.4, 0.5) is 0 Å². The Labute approximate surface area is 136 Å². The van der Waals surface area contributed by atoms with Gasteiger partial charge < -0.3 is 0 Å². The maximum absolute atomic E-state index is 6.40. The van der Waals surface area contributed by atoms with Crippen LogP contribution in [0.15, 0.2) is 0 Å². The molecule has 0 N–H and O–H groups in total. The van der Waals surface area contributed by atoms with Gasteiger partial charge in [-0.15, -0.1) is 0 Å². The SMILES string of the molecule is CC1CCC2C(C)(C)C2(OOC23CC(C)CCC2C3(C)C)C1. The molecule has 0 aromatic rings. The Morgan fingerprint density at radius 1 is 0.636 bits per heavy atom. The van der Waals surface area contributed by atoms with Crippen LogP contribution < -0.4 is 0 Å². The van der Waals surface area contributed by atoms with E-state index in [1.807, 2.05) is 0 Å². The molecule has 0 amide bonds. The first-order chi connectivity index (χ1) is 10.2. The van der Waals surface area contributed by atoms with Crippen LogP contribution in [0, 0.1) is 34.5 Å². The molecule has 6 atom stereocenters. The van der Waals surface area contributed by atoms with Gasteiger partial charge in [-0.05, 0) is 49.4 Å². The highest BCUT2D eigenvalue weighted by atomic mass is 17.2. The highest BCUT2D eigenvalue weighted by Crippen LogP contribution is 2.75. The maximum atomic E-state index is 6.40. The van der Waals surface area contributed by atoms with Gasteiger partial charge in [0.15, 0.2) is 0 Å². The summed E-state index contributed by atoms with van der Waals surface area (Å²) in [5.41, 5.74) is 0.596. The molecule has 4 fully saturated rings. The first-order valence-electron chi connectivity index (χ1n) is 9.54. The summed E-state index contributed by atoms with van der Waals surface area (Å²) in [7, 11) is 0. The highest BCUT2D eigenvalue weighted by molar-refractivity contribution is 5.24. The van der Waals surface area contributed by atoms with E-state index >= 15 is 0 Å². The van der Waals surface area contributed by atoms with Crippen LogP contribution in [0.25, 0.3) is 0 Å². The smallest absolute Gasteiger partial charge is 0.113 e. The van der Waals surface area contributed by atoms with Crippen molar-refractivity contribution < 1.29 is 9.78 Å². The van der Waals surface area contributed by atoms with E-state index in [1.54, 1.807) is 0 Å². The first-order valence-corrected chi connectivity index (χ1v) is 9.54. The van der Waals surface area contributed by atoms with Crippen molar-refractivity contribution in [3.05, 3.63) is 0 Å². The standard InChI is InChI=1S/C20H34O2/c1-13-7-9-15-17(3,4)19(15,11-13)21-22-20-12-14(2)8-10-16(20)18(20,5)6/h13-16H,7-12H2,1-6H3. The maximum Gasteiger partial charge on any atom is 0.113 e. The second kappa shape index (κ2) is 4.30. The summed E-state index contributed by atoms with van der Waals surface area (Å²) in [5, 5.41) is 0. The molecular weight excluding hydrogens is 272 g/mol. The Morgan fingerprint density at radius 2 is 1.00 bits per heavy atom. The number of hydrogen-bond acceptors (Lipinski definition) is 2. The molecule has 0 radical (unpaired) electrons. The molecule has 126 valence electrons. The molecular formula is C20H34O2. The van der Waals surface area contributed by atoms with E-state index in [1.165, 1.54) is 38.5 Å². The second-order valence-corrected chi connectivity index (χ2v) is 10.3. The van der Waals surface area contributed by atoms with Gasteiger partial charge in [-0.3, -0.25) is 0 Å². The van der Waals surface area contributed by atoms with E-state index in [0.717, 1.165) is 11.8 Å². The average molecular weight is 306 g/mol. The molecule has 2 nitrogen and oxygen atoms in total. The van der Waals surface area contributed by atoms with Gasteiger partial charge in [0.2, 0.25) is 0 Å². The molecule has 0 saturated heterocycles. The van der Waals surface area contributed by atoms with E-state index in [2.05, 4.69) is 41.5 Å². The lowest BCUT2D eigenvalue weighted by Gasteiger charge is -2.32. The fraction of sp³-hybridized carbons (Fsp3) is 1.00. The number of fused-ring (bicyclic) bond motifs is 2. The third-order valence-corrected chi connectivity index (χ3v) is 8.42. The van der Waals surface area contributed by atoms with Crippen molar-refractivity contribution in [2.45, 2.75) is 91.3 Å². The molecule has 0 bridgehead atoms. The molecule has 0 heterocycles. The molecule has 0 aliphatic heterocycles. The number of rotatable bonds is 3. The van der Waals surface area contributed by atoms with Gasteiger partial charge in [-0.25, -0.2) is 9.78 Å². The monoisotopic (exact) mass is 306 g/mol. The molecule has 6 unspecified atom stereocenters. The molecule has 22 heavy (non-hydrogen) atoms. The van der Waals surface area contributed by atoms with Crippen LogP contribution in [0.5, 0.6) is 0 Å². The van der Waals surface area contributed by atoms with Crippen molar-refractivity contribution in [3.63, 3.8) is 0 Å². The zero-order chi connectivity index (χ0) is 16.0. The van der Waals surface area contributed by atoms with Crippen LogP contribution >= 0.6 is 0 Å². The molecule has 2 heteroatoms. The van der Waals surface area contributed by atoms with Gasteiger partial charge in [0.05, 0.1) is 0 Å². The van der Waals surface area contributed by atoms with Crippen molar-refractivity contribution in [1.29, 1.82) is 0 Å². The summed E-state index contributed by atoms with van der Waals surface area (Å²) < 4.78 is 0. The topological polar surface area (TPSA) is 18.5 Å². The largest absolute Gasteiger partial charge is 0.229 e. The van der Waals surface area contributed by atoms with E-state index < -0.39 is 0 Å². The van der Waals surface area contributed by atoms with Crippen molar-refractivity contribution in [1.82, 2.24) is 0 Å². The van der Waals surface area contributed by atoms with E-state index in [9.17, 15) is 0 Å². The van der Waals surface area contributed by atoms with Gasteiger partial charge >= 0.3 is 0 Å². The van der Waals surface area contributed by atoms with Crippen molar-refractivity contribution in [2.24, 2.45) is 34.5 Å². The Bertz CT molecular complexity index is 438. The second-order valence-electron chi connectivity index (χ2n) is 10.3. The molecule has 0 spiro atoms. The lowest BCUT2D eigenvalue weighted by atomic mass is 9.88. The minimum absolute atomic E-state index is 0.00330. The summed E-state index contributed by atoms with van der Waals surface area (Å²) in [6, 6.07) is 0. The minimum Gasteiger partial charge on any atom is -0.229 e. The van der Waals surface area contributed by atoms with Crippen LogP contribution in [0.3, 0.4) is 0 Å². The zero-order valence-corrected chi connectivity index (χ0v) is 15.4. The van der Waals surface area contributed by atoms with Crippen LogP contribution in [0.2, 0.25) is 0 Å². The molecule has 0 aromatic heterocycles. The summed E-state index contributed by atoms with van der Waals surface area (Å²) in [6.07, 6.45) is 7.70. The van der Waals surface area contributed by atoms with E-state index in [0.29, 0.717) is 22.7 Å². The average Bonchev–Trinajstić information content (AvgIpc) is 3.12. The fourth-order valence-electron chi connectivity index (χ4n) is 6.54. The van der Waals surface area contributed by atoms with Crippen molar-refractivity contribution in [3.8, 4) is 0 Å². The summed E-state index contributed by atoms with van der Waals surface area (Å²) in [6.45, 7) is 14.3. The van der Waals surface area contributed by atoms with Gasteiger partial charge in [0.25, 0.3) is 0 Å². The number of hydrogen-bond donors (Lipinski definition) is 0. The van der Waals surface area contributed by atoms with E-state index in [-0.39, 0.29) is 11.2 Å². The van der Waals surface area contributed by atoms with E-state index in [4.69, 9.17) is 9.78 Å².